The second kappa shape index (κ2) is 3.74. The molecule has 0 spiro atoms. The third-order valence-electron chi connectivity index (χ3n) is 2.37. The summed E-state index contributed by atoms with van der Waals surface area (Å²) in [6, 6.07) is 11.9. The lowest BCUT2D eigenvalue weighted by Gasteiger charge is -2.11. The first-order valence-corrected chi connectivity index (χ1v) is 4.88. The van der Waals surface area contributed by atoms with Crippen molar-refractivity contribution in [2.45, 2.75) is 18.9 Å². The molecule has 1 unspecified atom stereocenters. The van der Waals surface area contributed by atoms with Crippen LogP contribution in [0.15, 0.2) is 35.3 Å². The lowest BCUT2D eigenvalue weighted by Crippen LogP contribution is -2.22. The van der Waals surface area contributed by atoms with E-state index < -0.39 is 0 Å². The maximum atomic E-state index is 8.67. The highest BCUT2D eigenvalue weighted by atomic mass is 16.5. The minimum atomic E-state index is -0.375. The van der Waals surface area contributed by atoms with Gasteiger partial charge in [-0.2, -0.15) is 5.26 Å². The summed E-state index contributed by atoms with van der Waals surface area (Å²) in [6.07, 6.45) is 0.392. The van der Waals surface area contributed by atoms with E-state index >= 15 is 0 Å². The fraction of sp³-hybridized carbons (Fsp3) is 0.333. The van der Waals surface area contributed by atoms with Crippen molar-refractivity contribution in [2.75, 3.05) is 6.61 Å². The molecule has 15 heavy (non-hydrogen) atoms. The summed E-state index contributed by atoms with van der Waals surface area (Å²) in [4.78, 5) is 4.45. The third kappa shape index (κ3) is 1.99. The van der Waals surface area contributed by atoms with Crippen LogP contribution in [0.5, 0.6) is 0 Å². The molecule has 0 saturated heterocycles. The molecule has 1 aliphatic heterocycles. The maximum Gasteiger partial charge on any atom is 0.216 e. The Morgan fingerprint density at radius 2 is 2.20 bits per heavy atom. The average molecular weight is 200 g/mol. The molecule has 0 radical (unpaired) electrons. The Hall–Kier alpha value is -1.82. The van der Waals surface area contributed by atoms with E-state index in [2.05, 4.69) is 11.1 Å². The van der Waals surface area contributed by atoms with Gasteiger partial charge in [-0.1, -0.05) is 18.2 Å². The predicted octanol–water partition coefficient (Wildman–Crippen LogP) is 2.14. The zero-order valence-electron chi connectivity index (χ0n) is 8.60. The SMILES string of the molecule is CC1(CC#N)COC(c2ccccc2)=N1. The summed E-state index contributed by atoms with van der Waals surface area (Å²) in [6.45, 7) is 2.43. The first-order valence-electron chi connectivity index (χ1n) is 4.88. The molecule has 0 aliphatic carbocycles. The molecular weight excluding hydrogens is 188 g/mol. The molecule has 1 aromatic carbocycles. The van der Waals surface area contributed by atoms with E-state index in [-0.39, 0.29) is 5.54 Å². The Bertz CT molecular complexity index is 419. The van der Waals surface area contributed by atoms with E-state index in [0.29, 0.717) is 18.9 Å². The summed E-state index contributed by atoms with van der Waals surface area (Å²) >= 11 is 0. The van der Waals surface area contributed by atoms with Crippen LogP contribution in [0.2, 0.25) is 0 Å². The molecule has 0 aromatic heterocycles. The van der Waals surface area contributed by atoms with Crippen LogP contribution in [-0.2, 0) is 4.74 Å². The molecule has 2 rings (SSSR count). The number of hydrogen-bond donors (Lipinski definition) is 0. The van der Waals surface area contributed by atoms with Crippen molar-refractivity contribution in [3.8, 4) is 6.07 Å². The van der Waals surface area contributed by atoms with Gasteiger partial charge in [0.25, 0.3) is 0 Å². The summed E-state index contributed by atoms with van der Waals surface area (Å²) in [7, 11) is 0. The van der Waals surface area contributed by atoms with Gasteiger partial charge in [-0.05, 0) is 19.1 Å². The molecule has 0 amide bonds. The molecule has 0 bridgehead atoms. The van der Waals surface area contributed by atoms with Crippen molar-refractivity contribution in [1.29, 1.82) is 5.26 Å². The van der Waals surface area contributed by atoms with Gasteiger partial charge in [0.2, 0.25) is 5.90 Å². The maximum absolute atomic E-state index is 8.67. The molecule has 0 fully saturated rings. The van der Waals surface area contributed by atoms with Gasteiger partial charge in [-0.25, -0.2) is 4.99 Å². The highest BCUT2D eigenvalue weighted by Crippen LogP contribution is 2.24. The van der Waals surface area contributed by atoms with Gasteiger partial charge >= 0.3 is 0 Å². The molecule has 76 valence electrons. The van der Waals surface area contributed by atoms with E-state index in [1.165, 1.54) is 0 Å². The largest absolute Gasteiger partial charge is 0.475 e. The normalized spacial score (nSPS) is 24.1. The van der Waals surface area contributed by atoms with E-state index in [9.17, 15) is 0 Å². The van der Waals surface area contributed by atoms with Crippen LogP contribution in [0.3, 0.4) is 0 Å². The Morgan fingerprint density at radius 1 is 1.47 bits per heavy atom. The van der Waals surface area contributed by atoms with Crippen LogP contribution in [0.4, 0.5) is 0 Å². The first-order chi connectivity index (χ1) is 7.23. The molecule has 1 aromatic rings. The summed E-state index contributed by atoms with van der Waals surface area (Å²) in [5, 5.41) is 8.67. The number of benzene rings is 1. The summed E-state index contributed by atoms with van der Waals surface area (Å²) < 4.78 is 5.51. The van der Waals surface area contributed by atoms with Crippen LogP contribution in [0, 0.1) is 11.3 Å². The molecular formula is C12H12N2O. The van der Waals surface area contributed by atoms with Crippen molar-refractivity contribution in [2.24, 2.45) is 4.99 Å². The van der Waals surface area contributed by atoms with Crippen molar-refractivity contribution >= 4 is 5.90 Å². The fourth-order valence-electron chi connectivity index (χ4n) is 1.52. The van der Waals surface area contributed by atoms with Crippen molar-refractivity contribution in [1.82, 2.24) is 0 Å². The summed E-state index contributed by atoms with van der Waals surface area (Å²) in [5.41, 5.74) is 0.596. The number of nitriles is 1. The number of aliphatic imine (C=N–C) groups is 1. The zero-order valence-corrected chi connectivity index (χ0v) is 8.60. The van der Waals surface area contributed by atoms with Crippen molar-refractivity contribution in [3.63, 3.8) is 0 Å². The van der Waals surface area contributed by atoms with Crippen LogP contribution in [0.25, 0.3) is 0 Å². The van der Waals surface area contributed by atoms with E-state index in [4.69, 9.17) is 10.00 Å². The monoisotopic (exact) mass is 200 g/mol. The van der Waals surface area contributed by atoms with Gasteiger partial charge in [0, 0.05) is 5.56 Å². The van der Waals surface area contributed by atoms with Crippen LogP contribution < -0.4 is 0 Å². The second-order valence-corrected chi connectivity index (χ2v) is 3.90. The molecule has 0 saturated carbocycles. The highest BCUT2D eigenvalue weighted by Gasteiger charge is 2.31. The number of rotatable bonds is 2. The Kier molecular flexibility index (Phi) is 2.42. The highest BCUT2D eigenvalue weighted by molar-refractivity contribution is 5.95. The van der Waals surface area contributed by atoms with E-state index in [0.717, 1.165) is 5.56 Å². The first kappa shape index (κ1) is 9.72. The molecule has 1 atom stereocenters. The van der Waals surface area contributed by atoms with Crippen LogP contribution in [-0.4, -0.2) is 18.0 Å². The quantitative estimate of drug-likeness (QED) is 0.734. The number of nitrogens with zero attached hydrogens (tertiary/aromatic N) is 2. The minimum Gasteiger partial charge on any atom is -0.475 e. The lowest BCUT2D eigenvalue weighted by molar-refractivity contribution is 0.269. The van der Waals surface area contributed by atoms with Gasteiger partial charge in [0.05, 0.1) is 12.5 Å². The Balaban J connectivity index is 2.24. The van der Waals surface area contributed by atoms with Gasteiger partial charge in [-0.3, -0.25) is 0 Å². The predicted molar refractivity (Wildman–Crippen MR) is 57.6 cm³/mol. The lowest BCUT2D eigenvalue weighted by atomic mass is 10.0. The molecule has 0 N–H and O–H groups in total. The van der Waals surface area contributed by atoms with Crippen LogP contribution in [0.1, 0.15) is 18.9 Å². The molecule has 1 aliphatic rings. The second-order valence-electron chi connectivity index (χ2n) is 3.90. The standard InChI is InChI=1S/C12H12N2O/c1-12(7-8-13)9-15-11(14-12)10-5-3-2-4-6-10/h2-6H,7,9H2,1H3. The van der Waals surface area contributed by atoms with Gasteiger partial charge < -0.3 is 4.74 Å². The van der Waals surface area contributed by atoms with Gasteiger partial charge in [-0.15, -0.1) is 0 Å². The number of hydrogen-bond acceptors (Lipinski definition) is 3. The molecule has 1 heterocycles. The average Bonchev–Trinajstić information content (AvgIpc) is 2.63. The summed E-state index contributed by atoms with van der Waals surface area (Å²) in [5.74, 6) is 0.647. The Labute approximate surface area is 89.0 Å². The van der Waals surface area contributed by atoms with Crippen LogP contribution >= 0.6 is 0 Å². The van der Waals surface area contributed by atoms with Crippen molar-refractivity contribution in [3.05, 3.63) is 35.9 Å². The molecule has 3 heteroatoms. The number of ether oxygens (including phenoxy) is 1. The van der Waals surface area contributed by atoms with E-state index in [1.807, 2.05) is 37.3 Å². The molecule has 3 nitrogen and oxygen atoms in total. The fourth-order valence-corrected chi connectivity index (χ4v) is 1.52. The topological polar surface area (TPSA) is 45.4 Å². The zero-order chi connectivity index (χ0) is 10.7. The van der Waals surface area contributed by atoms with Crippen molar-refractivity contribution < 1.29 is 4.74 Å². The van der Waals surface area contributed by atoms with Gasteiger partial charge in [0.15, 0.2) is 0 Å². The van der Waals surface area contributed by atoms with E-state index in [1.54, 1.807) is 0 Å². The van der Waals surface area contributed by atoms with Gasteiger partial charge in [0.1, 0.15) is 12.1 Å². The minimum absolute atomic E-state index is 0.375. The Morgan fingerprint density at radius 3 is 2.87 bits per heavy atom. The smallest absolute Gasteiger partial charge is 0.216 e. The third-order valence-corrected chi connectivity index (χ3v) is 2.37.